The molecule has 0 radical (unpaired) electrons. The van der Waals surface area contributed by atoms with Crippen LogP contribution in [0.1, 0.15) is 10.4 Å². The van der Waals surface area contributed by atoms with E-state index in [1.165, 1.54) is 10.4 Å². The van der Waals surface area contributed by atoms with Gasteiger partial charge in [-0.05, 0) is 30.2 Å². The number of aryl methyl sites for hydroxylation is 1. The maximum atomic E-state index is 6.56. The van der Waals surface area contributed by atoms with Crippen molar-refractivity contribution >= 4 is 56.5 Å². The van der Waals surface area contributed by atoms with E-state index >= 15 is 0 Å². The number of fused-ring (bicyclic) bond motifs is 1. The van der Waals surface area contributed by atoms with Crippen molar-refractivity contribution in [3.63, 3.8) is 0 Å². The highest BCUT2D eigenvalue weighted by atomic mass is 35.5. The monoisotopic (exact) mass is 416 g/mol. The van der Waals surface area contributed by atoms with Crippen LogP contribution in [0.25, 0.3) is 21.3 Å². The molecule has 0 fully saturated rings. The van der Waals surface area contributed by atoms with Crippen molar-refractivity contribution in [3.8, 4) is 11.1 Å². The molecule has 2 aromatic heterocycles. The number of hydrogen-bond acceptors (Lipinski definition) is 4. The summed E-state index contributed by atoms with van der Waals surface area (Å²) in [6, 6.07) is 18.1. The molecule has 2 aromatic carbocycles. The molecule has 0 saturated heterocycles. The van der Waals surface area contributed by atoms with Crippen LogP contribution in [0.5, 0.6) is 0 Å². The van der Waals surface area contributed by atoms with Crippen LogP contribution in [0.2, 0.25) is 10.2 Å². The zero-order valence-electron chi connectivity index (χ0n) is 13.9. The molecule has 0 aliphatic carbocycles. The summed E-state index contributed by atoms with van der Waals surface area (Å²) < 4.78 is 0. The number of halogens is 2. The standard InChI is InChI=1S/C20H14Cl2N2S2/c1-12-16(14-7-9-15(21)10-8-14)17-18(22)23-20(24-19(17)26-12)25-11-13-5-3-2-4-6-13/h2-10H,11H2,1H3. The Morgan fingerprint density at radius 1 is 0.962 bits per heavy atom. The third-order valence-electron chi connectivity index (χ3n) is 4.01. The summed E-state index contributed by atoms with van der Waals surface area (Å²) in [5.74, 6) is 0.817. The number of hydrogen-bond donors (Lipinski definition) is 0. The van der Waals surface area contributed by atoms with Gasteiger partial charge in [0.25, 0.3) is 0 Å². The number of thioether (sulfide) groups is 1. The molecule has 0 spiro atoms. The van der Waals surface area contributed by atoms with E-state index in [-0.39, 0.29) is 0 Å². The average molecular weight is 417 g/mol. The molecule has 0 amide bonds. The van der Waals surface area contributed by atoms with Gasteiger partial charge in [-0.1, -0.05) is 77.4 Å². The van der Waals surface area contributed by atoms with Crippen LogP contribution in [0, 0.1) is 6.92 Å². The number of thiophene rings is 1. The highest BCUT2D eigenvalue weighted by molar-refractivity contribution is 7.98. The highest BCUT2D eigenvalue weighted by Crippen LogP contribution is 2.41. The molecule has 0 bridgehead atoms. The fourth-order valence-corrected chi connectivity index (χ4v) is 5.20. The maximum absolute atomic E-state index is 6.56. The van der Waals surface area contributed by atoms with Crippen LogP contribution >= 0.6 is 46.3 Å². The van der Waals surface area contributed by atoms with Gasteiger partial charge in [0.15, 0.2) is 5.16 Å². The zero-order chi connectivity index (χ0) is 18.1. The SMILES string of the molecule is Cc1sc2nc(SCc3ccccc3)nc(Cl)c2c1-c1ccc(Cl)cc1. The smallest absolute Gasteiger partial charge is 0.190 e. The van der Waals surface area contributed by atoms with E-state index < -0.39 is 0 Å². The normalized spacial score (nSPS) is 11.2. The maximum Gasteiger partial charge on any atom is 0.190 e. The third-order valence-corrected chi connectivity index (χ3v) is 6.45. The van der Waals surface area contributed by atoms with Crippen molar-refractivity contribution in [2.75, 3.05) is 0 Å². The lowest BCUT2D eigenvalue weighted by Gasteiger charge is -2.05. The summed E-state index contributed by atoms with van der Waals surface area (Å²) in [4.78, 5) is 11.4. The Hall–Kier alpha value is -1.59. The van der Waals surface area contributed by atoms with Crippen LogP contribution in [0.3, 0.4) is 0 Å². The van der Waals surface area contributed by atoms with Crippen LogP contribution in [-0.2, 0) is 5.75 Å². The number of rotatable bonds is 4. The van der Waals surface area contributed by atoms with Crippen LogP contribution in [0.4, 0.5) is 0 Å². The second kappa shape index (κ2) is 7.57. The Morgan fingerprint density at radius 3 is 2.42 bits per heavy atom. The molecule has 0 aliphatic rings. The largest absolute Gasteiger partial charge is 0.211 e. The molecular weight excluding hydrogens is 403 g/mol. The van der Waals surface area contributed by atoms with Crippen LogP contribution in [-0.4, -0.2) is 9.97 Å². The number of benzene rings is 2. The quantitative estimate of drug-likeness (QED) is 0.198. The minimum absolute atomic E-state index is 0.500. The summed E-state index contributed by atoms with van der Waals surface area (Å²) in [5.41, 5.74) is 3.40. The first-order valence-electron chi connectivity index (χ1n) is 8.01. The summed E-state index contributed by atoms with van der Waals surface area (Å²) in [6.07, 6.45) is 0. The summed E-state index contributed by atoms with van der Waals surface area (Å²) in [5, 5.41) is 2.84. The predicted molar refractivity (Wildman–Crippen MR) is 114 cm³/mol. The van der Waals surface area contributed by atoms with E-state index in [2.05, 4.69) is 24.0 Å². The first kappa shape index (κ1) is 17.8. The second-order valence-electron chi connectivity index (χ2n) is 5.79. The van der Waals surface area contributed by atoms with Crippen molar-refractivity contribution in [2.45, 2.75) is 17.8 Å². The van der Waals surface area contributed by atoms with E-state index in [1.807, 2.05) is 42.5 Å². The lowest BCUT2D eigenvalue weighted by Crippen LogP contribution is -1.90. The van der Waals surface area contributed by atoms with Gasteiger partial charge in [0.2, 0.25) is 0 Å². The fraction of sp³-hybridized carbons (Fsp3) is 0.100. The first-order chi connectivity index (χ1) is 12.6. The predicted octanol–water partition coefficient (Wildman–Crippen LogP) is 7.27. The molecule has 130 valence electrons. The second-order valence-corrected chi connectivity index (χ2v) is 8.73. The molecule has 4 rings (SSSR count). The van der Waals surface area contributed by atoms with Crippen LogP contribution in [0.15, 0.2) is 59.8 Å². The highest BCUT2D eigenvalue weighted by Gasteiger charge is 2.17. The summed E-state index contributed by atoms with van der Waals surface area (Å²) >= 11 is 15.8. The molecule has 0 aliphatic heterocycles. The van der Waals surface area contributed by atoms with Crippen molar-refractivity contribution in [2.24, 2.45) is 0 Å². The minimum atomic E-state index is 0.500. The lowest BCUT2D eigenvalue weighted by molar-refractivity contribution is 1.01. The molecule has 26 heavy (non-hydrogen) atoms. The molecule has 2 heterocycles. The van der Waals surface area contributed by atoms with E-state index in [0.717, 1.165) is 27.1 Å². The number of nitrogens with zero attached hydrogens (tertiary/aromatic N) is 2. The molecule has 0 N–H and O–H groups in total. The Kier molecular flexibility index (Phi) is 5.18. The van der Waals surface area contributed by atoms with Gasteiger partial charge in [-0.2, -0.15) is 0 Å². The van der Waals surface area contributed by atoms with Crippen LogP contribution < -0.4 is 0 Å². The van der Waals surface area contributed by atoms with Gasteiger partial charge >= 0.3 is 0 Å². The van der Waals surface area contributed by atoms with Crippen molar-refractivity contribution < 1.29 is 0 Å². The van der Waals surface area contributed by atoms with Gasteiger partial charge in [0.1, 0.15) is 9.98 Å². The Bertz CT molecular complexity index is 1060. The molecular formula is C20H14Cl2N2S2. The molecule has 6 heteroatoms. The van der Waals surface area contributed by atoms with E-state index in [1.54, 1.807) is 23.1 Å². The zero-order valence-corrected chi connectivity index (χ0v) is 17.0. The topological polar surface area (TPSA) is 25.8 Å². The van der Waals surface area contributed by atoms with Gasteiger partial charge in [0.05, 0.1) is 5.39 Å². The van der Waals surface area contributed by atoms with E-state index in [0.29, 0.717) is 15.3 Å². The van der Waals surface area contributed by atoms with Crippen molar-refractivity contribution in [3.05, 3.63) is 75.2 Å². The van der Waals surface area contributed by atoms with Gasteiger partial charge in [0, 0.05) is 21.2 Å². The summed E-state index contributed by atoms with van der Waals surface area (Å²) in [7, 11) is 0. The molecule has 2 nitrogen and oxygen atoms in total. The average Bonchev–Trinajstić information content (AvgIpc) is 2.98. The molecule has 0 saturated carbocycles. The minimum Gasteiger partial charge on any atom is -0.211 e. The molecule has 0 atom stereocenters. The van der Waals surface area contributed by atoms with Crippen molar-refractivity contribution in [1.29, 1.82) is 0 Å². The fourth-order valence-electron chi connectivity index (χ4n) is 2.80. The Balaban J connectivity index is 1.71. The summed E-state index contributed by atoms with van der Waals surface area (Å²) in [6.45, 7) is 2.09. The first-order valence-corrected chi connectivity index (χ1v) is 10.6. The van der Waals surface area contributed by atoms with Gasteiger partial charge in [-0.15, -0.1) is 11.3 Å². The van der Waals surface area contributed by atoms with E-state index in [9.17, 15) is 0 Å². The van der Waals surface area contributed by atoms with E-state index in [4.69, 9.17) is 28.2 Å². The third kappa shape index (κ3) is 3.60. The molecule has 4 aromatic rings. The van der Waals surface area contributed by atoms with Crippen molar-refractivity contribution in [1.82, 2.24) is 9.97 Å². The van der Waals surface area contributed by atoms with Gasteiger partial charge in [-0.3, -0.25) is 0 Å². The Labute approximate surface area is 170 Å². The Morgan fingerprint density at radius 2 is 1.69 bits per heavy atom. The lowest BCUT2D eigenvalue weighted by atomic mass is 10.0. The number of aromatic nitrogens is 2. The van der Waals surface area contributed by atoms with Gasteiger partial charge < -0.3 is 0 Å². The van der Waals surface area contributed by atoms with Gasteiger partial charge in [-0.25, -0.2) is 9.97 Å². The molecule has 0 unspecified atom stereocenters.